The molecule has 0 bridgehead atoms. The number of hydrogen-bond donors (Lipinski definition) is 2. The van der Waals surface area contributed by atoms with Crippen LogP contribution in [0.3, 0.4) is 0 Å². The predicted molar refractivity (Wildman–Crippen MR) is 80.0 cm³/mol. The highest BCUT2D eigenvalue weighted by atomic mass is 16.5. The van der Waals surface area contributed by atoms with Gasteiger partial charge in [-0.3, -0.25) is 4.98 Å². The van der Waals surface area contributed by atoms with Crippen LogP contribution in [-0.4, -0.2) is 23.7 Å². The smallest absolute Gasteiger partial charge is 0.315 e. The molecule has 22 heavy (non-hydrogen) atoms. The lowest BCUT2D eigenvalue weighted by Gasteiger charge is -2.32. The van der Waals surface area contributed by atoms with E-state index in [-0.39, 0.29) is 18.2 Å². The van der Waals surface area contributed by atoms with Crippen LogP contribution in [0.15, 0.2) is 47.3 Å². The van der Waals surface area contributed by atoms with Crippen molar-refractivity contribution in [2.75, 3.05) is 6.61 Å². The summed E-state index contributed by atoms with van der Waals surface area (Å²) in [6.07, 6.45) is 6.75. The molecule has 2 aromatic heterocycles. The maximum Gasteiger partial charge on any atom is 0.315 e. The van der Waals surface area contributed by atoms with Crippen molar-refractivity contribution in [3.8, 4) is 0 Å². The lowest BCUT2D eigenvalue weighted by Crippen LogP contribution is -2.46. The van der Waals surface area contributed by atoms with E-state index in [0.717, 1.165) is 24.2 Å². The molecule has 3 rings (SSSR count). The first-order chi connectivity index (χ1) is 10.8. The monoisotopic (exact) mass is 301 g/mol. The van der Waals surface area contributed by atoms with Gasteiger partial charge in [-0.15, -0.1) is 0 Å². The van der Waals surface area contributed by atoms with E-state index >= 15 is 0 Å². The number of nitrogens with zero attached hydrogens (tertiary/aromatic N) is 1. The molecule has 6 heteroatoms. The molecule has 0 aromatic carbocycles. The van der Waals surface area contributed by atoms with E-state index in [1.54, 1.807) is 24.7 Å². The summed E-state index contributed by atoms with van der Waals surface area (Å²) < 4.78 is 11.0. The number of furan rings is 1. The molecule has 116 valence electrons. The molecule has 1 saturated heterocycles. The minimum absolute atomic E-state index is 0.0484. The molecular formula is C16H19N3O3. The molecule has 1 aliphatic heterocycles. The maximum absolute atomic E-state index is 12.1. The highest BCUT2D eigenvalue weighted by Crippen LogP contribution is 2.27. The largest absolute Gasteiger partial charge is 0.467 e. The number of carbonyl (C=O) groups excluding carboxylic acids is 1. The molecule has 0 saturated carbocycles. The molecule has 3 heterocycles. The van der Waals surface area contributed by atoms with Gasteiger partial charge in [0, 0.05) is 19.0 Å². The Bertz CT molecular complexity index is 586. The lowest BCUT2D eigenvalue weighted by atomic mass is 9.97. The third kappa shape index (κ3) is 3.65. The molecule has 1 fully saturated rings. The highest BCUT2D eigenvalue weighted by Gasteiger charge is 2.28. The molecule has 0 unspecified atom stereocenters. The number of ether oxygens (including phenoxy) is 1. The second-order valence-corrected chi connectivity index (χ2v) is 5.23. The SMILES string of the molecule is O=C(NCc1ccco1)N[C@H]1CCCO[C@@H]1c1ccncc1. The molecule has 1 aliphatic rings. The van der Waals surface area contributed by atoms with Crippen LogP contribution in [0.2, 0.25) is 0 Å². The van der Waals surface area contributed by atoms with Crippen LogP contribution in [0.1, 0.15) is 30.3 Å². The fraction of sp³-hybridized carbons (Fsp3) is 0.375. The van der Waals surface area contributed by atoms with Crippen molar-refractivity contribution in [1.82, 2.24) is 15.6 Å². The Kier molecular flexibility index (Phi) is 4.70. The van der Waals surface area contributed by atoms with Crippen LogP contribution in [0.4, 0.5) is 4.79 Å². The second kappa shape index (κ2) is 7.09. The average molecular weight is 301 g/mol. The van der Waals surface area contributed by atoms with Crippen molar-refractivity contribution >= 4 is 6.03 Å². The zero-order chi connectivity index (χ0) is 15.2. The Balaban J connectivity index is 1.58. The minimum Gasteiger partial charge on any atom is -0.467 e. The molecule has 2 N–H and O–H groups in total. The van der Waals surface area contributed by atoms with Crippen molar-refractivity contribution in [3.63, 3.8) is 0 Å². The standard InChI is InChI=1S/C16H19N3O3/c20-16(18-11-13-3-1-9-21-13)19-14-4-2-10-22-15(14)12-5-7-17-8-6-12/h1,3,5-9,14-15H,2,4,10-11H2,(H2,18,19,20)/t14-,15+/m0/s1. The Hall–Kier alpha value is -2.34. The first kappa shape index (κ1) is 14.6. The molecule has 2 aromatic rings. The van der Waals surface area contributed by atoms with Crippen molar-refractivity contribution in [1.29, 1.82) is 0 Å². The van der Waals surface area contributed by atoms with E-state index in [1.165, 1.54) is 0 Å². The predicted octanol–water partition coefficient (Wildman–Crippen LogP) is 2.39. The number of hydrogen-bond acceptors (Lipinski definition) is 4. The van der Waals surface area contributed by atoms with E-state index < -0.39 is 0 Å². The molecule has 2 amide bonds. The first-order valence-electron chi connectivity index (χ1n) is 7.41. The van der Waals surface area contributed by atoms with Crippen LogP contribution in [0.5, 0.6) is 0 Å². The number of aromatic nitrogens is 1. The Morgan fingerprint density at radius 3 is 2.95 bits per heavy atom. The van der Waals surface area contributed by atoms with Gasteiger partial charge in [0.25, 0.3) is 0 Å². The highest BCUT2D eigenvalue weighted by molar-refractivity contribution is 5.74. The summed E-state index contributed by atoms with van der Waals surface area (Å²) in [5, 5.41) is 5.79. The van der Waals surface area contributed by atoms with Gasteiger partial charge in [-0.25, -0.2) is 4.79 Å². The van der Waals surface area contributed by atoms with Crippen LogP contribution >= 0.6 is 0 Å². The van der Waals surface area contributed by atoms with Crippen LogP contribution in [-0.2, 0) is 11.3 Å². The quantitative estimate of drug-likeness (QED) is 0.909. The summed E-state index contributed by atoms with van der Waals surface area (Å²) in [6, 6.07) is 7.20. The van der Waals surface area contributed by atoms with Gasteiger partial charge in [-0.2, -0.15) is 0 Å². The summed E-state index contributed by atoms with van der Waals surface area (Å²) in [6.45, 7) is 1.07. The van der Waals surface area contributed by atoms with Gasteiger partial charge in [0.1, 0.15) is 11.9 Å². The van der Waals surface area contributed by atoms with E-state index in [2.05, 4.69) is 15.6 Å². The van der Waals surface area contributed by atoms with Gasteiger partial charge < -0.3 is 19.8 Å². The Morgan fingerprint density at radius 1 is 1.32 bits per heavy atom. The first-order valence-corrected chi connectivity index (χ1v) is 7.41. The number of rotatable bonds is 4. The van der Waals surface area contributed by atoms with Gasteiger partial charge in [-0.1, -0.05) is 0 Å². The van der Waals surface area contributed by atoms with E-state index in [9.17, 15) is 4.79 Å². The summed E-state index contributed by atoms with van der Waals surface area (Å²) >= 11 is 0. The maximum atomic E-state index is 12.1. The molecule has 0 radical (unpaired) electrons. The van der Waals surface area contributed by atoms with Crippen molar-refractivity contribution in [2.45, 2.75) is 31.5 Å². The normalized spacial score (nSPS) is 21.3. The lowest BCUT2D eigenvalue weighted by molar-refractivity contribution is -0.00748. The molecule has 0 spiro atoms. The van der Waals surface area contributed by atoms with Gasteiger partial charge >= 0.3 is 6.03 Å². The number of amides is 2. The molecule has 6 nitrogen and oxygen atoms in total. The summed E-state index contributed by atoms with van der Waals surface area (Å²) in [5.41, 5.74) is 1.03. The fourth-order valence-corrected chi connectivity index (χ4v) is 2.61. The number of urea groups is 1. The number of nitrogens with one attached hydrogen (secondary N) is 2. The second-order valence-electron chi connectivity index (χ2n) is 5.23. The molecule has 2 atom stereocenters. The number of pyridine rings is 1. The third-order valence-electron chi connectivity index (χ3n) is 3.68. The van der Waals surface area contributed by atoms with E-state index in [1.807, 2.05) is 18.2 Å². The fourth-order valence-electron chi connectivity index (χ4n) is 2.61. The minimum atomic E-state index is -0.217. The van der Waals surface area contributed by atoms with Crippen LogP contribution in [0.25, 0.3) is 0 Å². The zero-order valence-electron chi connectivity index (χ0n) is 12.2. The van der Waals surface area contributed by atoms with Crippen molar-refractivity contribution in [3.05, 3.63) is 54.2 Å². The van der Waals surface area contributed by atoms with Crippen LogP contribution < -0.4 is 10.6 Å². The summed E-state index contributed by atoms with van der Waals surface area (Å²) in [4.78, 5) is 16.1. The zero-order valence-corrected chi connectivity index (χ0v) is 12.2. The van der Waals surface area contributed by atoms with Gasteiger partial charge in [0.2, 0.25) is 0 Å². The van der Waals surface area contributed by atoms with Crippen molar-refractivity contribution < 1.29 is 13.9 Å². The molecular weight excluding hydrogens is 282 g/mol. The Morgan fingerprint density at radius 2 is 2.18 bits per heavy atom. The van der Waals surface area contributed by atoms with Crippen molar-refractivity contribution in [2.24, 2.45) is 0 Å². The van der Waals surface area contributed by atoms with Gasteiger partial charge in [0.05, 0.1) is 18.8 Å². The topological polar surface area (TPSA) is 76.4 Å². The Labute approximate surface area is 128 Å². The van der Waals surface area contributed by atoms with E-state index in [0.29, 0.717) is 13.2 Å². The summed E-state index contributed by atoms with van der Waals surface area (Å²) in [5.74, 6) is 0.723. The van der Waals surface area contributed by atoms with Crippen LogP contribution in [0, 0.1) is 0 Å². The molecule has 0 aliphatic carbocycles. The summed E-state index contributed by atoms with van der Waals surface area (Å²) in [7, 11) is 0. The van der Waals surface area contributed by atoms with E-state index in [4.69, 9.17) is 9.15 Å². The number of carbonyl (C=O) groups is 1. The van der Waals surface area contributed by atoms with Gasteiger partial charge in [-0.05, 0) is 42.7 Å². The average Bonchev–Trinajstić information content (AvgIpc) is 3.08. The van der Waals surface area contributed by atoms with Gasteiger partial charge in [0.15, 0.2) is 0 Å². The third-order valence-corrected chi connectivity index (χ3v) is 3.68.